The highest BCUT2D eigenvalue weighted by molar-refractivity contribution is 5.92. The Morgan fingerprint density at radius 1 is 1.24 bits per heavy atom. The van der Waals surface area contributed by atoms with Crippen LogP contribution in [0.1, 0.15) is 57.6 Å². The van der Waals surface area contributed by atoms with Gasteiger partial charge in [0.05, 0.1) is 24.5 Å². The van der Waals surface area contributed by atoms with E-state index < -0.39 is 11.6 Å². The predicted octanol–water partition coefficient (Wildman–Crippen LogP) is 4.49. The fourth-order valence-corrected chi connectivity index (χ4v) is 5.55. The number of nitrogens with zero attached hydrogens (tertiary/aromatic N) is 3. The summed E-state index contributed by atoms with van der Waals surface area (Å²) < 4.78 is 14.2. The first-order chi connectivity index (χ1) is 16.4. The van der Waals surface area contributed by atoms with Crippen LogP contribution in [0.5, 0.6) is 5.75 Å². The highest BCUT2D eigenvalue weighted by atomic mass is 16.5. The van der Waals surface area contributed by atoms with Gasteiger partial charge in [-0.2, -0.15) is 5.10 Å². The molecule has 0 atom stereocenters. The SMILES string of the molecule is CC1(C)CCc2c(ccc(-c3cnn(C4CCNCC4)c3)c2OCC2CCOCC2)N1C(=O)O. The molecule has 3 aliphatic heterocycles. The summed E-state index contributed by atoms with van der Waals surface area (Å²) in [7, 11) is 0. The molecule has 0 spiro atoms. The molecule has 8 nitrogen and oxygen atoms in total. The Morgan fingerprint density at radius 2 is 2.00 bits per heavy atom. The Bertz CT molecular complexity index is 1020. The average molecular weight is 469 g/mol. The number of hydrogen-bond donors (Lipinski definition) is 2. The first kappa shape index (κ1) is 23.2. The molecule has 3 aliphatic rings. The molecule has 1 aromatic carbocycles. The average Bonchev–Trinajstić information content (AvgIpc) is 3.33. The second-order valence-corrected chi connectivity index (χ2v) is 10.4. The van der Waals surface area contributed by atoms with E-state index in [2.05, 4.69) is 16.2 Å². The van der Waals surface area contributed by atoms with Crippen LogP contribution in [-0.2, 0) is 11.2 Å². The third kappa shape index (κ3) is 4.53. The van der Waals surface area contributed by atoms with Crippen LogP contribution in [0.3, 0.4) is 0 Å². The number of aromatic nitrogens is 2. The molecule has 8 heteroatoms. The minimum Gasteiger partial charge on any atom is -0.492 e. The maximum Gasteiger partial charge on any atom is 0.412 e. The molecule has 184 valence electrons. The topological polar surface area (TPSA) is 88.9 Å². The molecule has 4 heterocycles. The highest BCUT2D eigenvalue weighted by Gasteiger charge is 2.39. The Balaban J connectivity index is 1.52. The Labute approximate surface area is 201 Å². The lowest BCUT2D eigenvalue weighted by Crippen LogP contribution is -2.50. The summed E-state index contributed by atoms with van der Waals surface area (Å²) in [6.45, 7) is 8.17. The van der Waals surface area contributed by atoms with Crippen LogP contribution in [0.25, 0.3) is 11.1 Å². The monoisotopic (exact) mass is 468 g/mol. The smallest absolute Gasteiger partial charge is 0.412 e. The molecular weight excluding hydrogens is 432 g/mol. The van der Waals surface area contributed by atoms with E-state index in [4.69, 9.17) is 14.6 Å². The van der Waals surface area contributed by atoms with Crippen LogP contribution in [0.15, 0.2) is 24.5 Å². The van der Waals surface area contributed by atoms with Gasteiger partial charge < -0.3 is 19.9 Å². The number of rotatable bonds is 5. The summed E-state index contributed by atoms with van der Waals surface area (Å²) in [5.74, 6) is 1.26. The lowest BCUT2D eigenvalue weighted by molar-refractivity contribution is 0.0496. The van der Waals surface area contributed by atoms with Crippen molar-refractivity contribution in [3.8, 4) is 16.9 Å². The van der Waals surface area contributed by atoms with E-state index in [0.29, 0.717) is 18.6 Å². The molecule has 2 saturated heterocycles. The maximum absolute atomic E-state index is 12.2. The minimum atomic E-state index is -0.923. The van der Waals surface area contributed by atoms with Crippen molar-refractivity contribution < 1.29 is 19.4 Å². The van der Waals surface area contributed by atoms with E-state index in [0.717, 1.165) is 93.0 Å². The van der Waals surface area contributed by atoms with Crippen LogP contribution >= 0.6 is 0 Å². The largest absolute Gasteiger partial charge is 0.492 e. The van der Waals surface area contributed by atoms with E-state index in [1.807, 2.05) is 32.2 Å². The second kappa shape index (κ2) is 9.58. The molecule has 1 amide bonds. The number of carboxylic acid groups (broad SMARTS) is 1. The molecule has 2 N–H and O–H groups in total. The Kier molecular flexibility index (Phi) is 6.53. The van der Waals surface area contributed by atoms with Crippen molar-refractivity contribution >= 4 is 11.8 Å². The van der Waals surface area contributed by atoms with E-state index in [1.165, 1.54) is 4.90 Å². The summed E-state index contributed by atoms with van der Waals surface area (Å²) in [5.41, 5.74) is 3.28. The van der Waals surface area contributed by atoms with Crippen molar-refractivity contribution in [2.45, 2.75) is 64.0 Å². The summed E-state index contributed by atoms with van der Waals surface area (Å²) in [4.78, 5) is 13.7. The molecule has 34 heavy (non-hydrogen) atoms. The van der Waals surface area contributed by atoms with Gasteiger partial charge in [-0.1, -0.05) is 0 Å². The molecule has 0 unspecified atom stereocenters. The maximum atomic E-state index is 12.2. The molecule has 5 rings (SSSR count). The normalized spacial score (nSPS) is 21.3. The highest BCUT2D eigenvalue weighted by Crippen LogP contribution is 2.46. The van der Waals surface area contributed by atoms with Crippen LogP contribution in [0.4, 0.5) is 10.5 Å². The standard InChI is InChI=1S/C26H36N4O4/c1-26(2)10-5-22-23(30(26)25(31)32)4-3-21(24(22)34-17-18-8-13-33-14-9-18)19-15-28-29(16-19)20-6-11-27-12-7-20/h3-4,15-16,18,20,27H,5-14,17H2,1-2H3,(H,31,32). The van der Waals surface area contributed by atoms with E-state index in [1.54, 1.807) is 0 Å². The van der Waals surface area contributed by atoms with Gasteiger partial charge in [-0.3, -0.25) is 9.58 Å². The Morgan fingerprint density at radius 3 is 2.74 bits per heavy atom. The number of benzene rings is 1. The number of anilines is 1. The number of carbonyl (C=O) groups is 1. The van der Waals surface area contributed by atoms with Gasteiger partial charge in [0.15, 0.2) is 0 Å². The lowest BCUT2D eigenvalue weighted by Gasteiger charge is -2.42. The van der Waals surface area contributed by atoms with E-state index in [9.17, 15) is 9.90 Å². The number of nitrogens with one attached hydrogen (secondary N) is 1. The zero-order valence-electron chi connectivity index (χ0n) is 20.3. The predicted molar refractivity (Wildman–Crippen MR) is 131 cm³/mol. The lowest BCUT2D eigenvalue weighted by atomic mass is 9.85. The zero-order chi connectivity index (χ0) is 23.7. The Hall–Kier alpha value is -2.58. The molecule has 0 aliphatic carbocycles. The van der Waals surface area contributed by atoms with Crippen LogP contribution in [0.2, 0.25) is 0 Å². The fraction of sp³-hybridized carbons (Fsp3) is 0.615. The molecule has 2 aromatic rings. The number of ether oxygens (including phenoxy) is 2. The van der Waals surface area contributed by atoms with E-state index in [-0.39, 0.29) is 0 Å². The number of piperidine rings is 1. The number of amides is 1. The van der Waals surface area contributed by atoms with Crippen molar-refractivity contribution in [2.24, 2.45) is 5.92 Å². The van der Waals surface area contributed by atoms with Crippen LogP contribution in [0, 0.1) is 5.92 Å². The van der Waals surface area contributed by atoms with Gasteiger partial charge in [0.25, 0.3) is 0 Å². The second-order valence-electron chi connectivity index (χ2n) is 10.4. The van der Waals surface area contributed by atoms with Crippen molar-refractivity contribution in [3.05, 3.63) is 30.1 Å². The third-order valence-electron chi connectivity index (χ3n) is 7.66. The number of fused-ring (bicyclic) bond motifs is 1. The van der Waals surface area contributed by atoms with Crippen molar-refractivity contribution in [1.82, 2.24) is 15.1 Å². The summed E-state index contributed by atoms with van der Waals surface area (Å²) in [5, 5.41) is 18.1. The first-order valence-electron chi connectivity index (χ1n) is 12.6. The van der Waals surface area contributed by atoms with Crippen LogP contribution < -0.4 is 15.0 Å². The summed E-state index contributed by atoms with van der Waals surface area (Å²) in [6, 6.07) is 4.37. The van der Waals surface area contributed by atoms with Gasteiger partial charge in [0, 0.05) is 41.6 Å². The van der Waals surface area contributed by atoms with Gasteiger partial charge in [0.1, 0.15) is 5.75 Å². The molecule has 0 bridgehead atoms. The third-order valence-corrected chi connectivity index (χ3v) is 7.66. The van der Waals surface area contributed by atoms with Crippen molar-refractivity contribution in [3.63, 3.8) is 0 Å². The number of hydrogen-bond acceptors (Lipinski definition) is 5. The molecule has 0 radical (unpaired) electrons. The van der Waals surface area contributed by atoms with Crippen molar-refractivity contribution in [1.29, 1.82) is 0 Å². The first-order valence-corrected chi connectivity index (χ1v) is 12.6. The van der Waals surface area contributed by atoms with Gasteiger partial charge >= 0.3 is 6.09 Å². The summed E-state index contributed by atoms with van der Waals surface area (Å²) in [6.07, 6.45) is 8.78. The molecule has 0 saturated carbocycles. The quantitative estimate of drug-likeness (QED) is 0.672. The molecule has 1 aromatic heterocycles. The van der Waals surface area contributed by atoms with Crippen molar-refractivity contribution in [2.75, 3.05) is 37.8 Å². The van der Waals surface area contributed by atoms with Crippen LogP contribution in [-0.4, -0.2) is 59.4 Å². The fourth-order valence-electron chi connectivity index (χ4n) is 5.55. The van der Waals surface area contributed by atoms with Gasteiger partial charge in [-0.15, -0.1) is 0 Å². The molecular formula is C26H36N4O4. The molecule has 2 fully saturated rings. The van der Waals surface area contributed by atoms with Gasteiger partial charge in [-0.25, -0.2) is 4.79 Å². The van der Waals surface area contributed by atoms with E-state index >= 15 is 0 Å². The van der Waals surface area contributed by atoms with Gasteiger partial charge in [-0.05, 0) is 83.5 Å². The minimum absolute atomic E-state index is 0.405. The summed E-state index contributed by atoms with van der Waals surface area (Å²) >= 11 is 0. The van der Waals surface area contributed by atoms with Gasteiger partial charge in [0.2, 0.25) is 0 Å². The zero-order valence-corrected chi connectivity index (χ0v) is 20.3.